The van der Waals surface area contributed by atoms with Crippen LogP contribution in [0.1, 0.15) is 0 Å². The van der Waals surface area contributed by atoms with Crippen molar-refractivity contribution in [3.63, 3.8) is 0 Å². The minimum atomic E-state index is 0.898. The summed E-state index contributed by atoms with van der Waals surface area (Å²) in [5.41, 5.74) is 6.30. The van der Waals surface area contributed by atoms with Gasteiger partial charge in [-0.3, -0.25) is 0 Å². The normalized spacial score (nSPS) is 12.0. The van der Waals surface area contributed by atoms with Gasteiger partial charge in [-0.1, -0.05) is 97.1 Å². The molecule has 7 aromatic carbocycles. The highest BCUT2D eigenvalue weighted by Crippen LogP contribution is 2.45. The van der Waals surface area contributed by atoms with Crippen LogP contribution in [0.3, 0.4) is 0 Å². The molecule has 0 aliphatic carbocycles. The lowest BCUT2D eigenvalue weighted by Crippen LogP contribution is -1.88. The van der Waals surface area contributed by atoms with E-state index in [-0.39, 0.29) is 0 Å². The Morgan fingerprint density at radius 1 is 0.400 bits per heavy atom. The number of fused-ring (bicyclic) bond motifs is 2. The smallest absolute Gasteiger partial charge is 0.143 e. The standard InChI is InChI=1S/C38H22O2/c1-2-8-23(9-3-1)37-31-11-5-7-13-33(31)40-38(37)28-20-26-15-14-24-16-18-29(30-19-17-27(21-28)35(26)36(24)30)34-22-25-10-4-6-12-32(25)39-34/h1-22H. The van der Waals surface area contributed by atoms with Crippen molar-refractivity contribution in [2.45, 2.75) is 0 Å². The highest BCUT2D eigenvalue weighted by molar-refractivity contribution is 6.26. The van der Waals surface area contributed by atoms with Crippen LogP contribution in [0.5, 0.6) is 0 Å². The summed E-state index contributed by atoms with van der Waals surface area (Å²) >= 11 is 0. The first kappa shape index (κ1) is 21.6. The number of hydrogen-bond donors (Lipinski definition) is 0. The molecule has 0 unspecified atom stereocenters. The van der Waals surface area contributed by atoms with Crippen molar-refractivity contribution in [2.75, 3.05) is 0 Å². The van der Waals surface area contributed by atoms with Crippen LogP contribution in [0, 0.1) is 0 Å². The molecule has 0 radical (unpaired) electrons. The molecule has 40 heavy (non-hydrogen) atoms. The fourth-order valence-electron chi connectivity index (χ4n) is 6.42. The van der Waals surface area contributed by atoms with E-state index in [2.05, 4.69) is 115 Å². The van der Waals surface area contributed by atoms with Gasteiger partial charge in [0.05, 0.1) is 0 Å². The summed E-state index contributed by atoms with van der Waals surface area (Å²) in [4.78, 5) is 0. The van der Waals surface area contributed by atoms with Gasteiger partial charge in [-0.25, -0.2) is 0 Å². The Morgan fingerprint density at radius 3 is 1.95 bits per heavy atom. The first-order valence-corrected chi connectivity index (χ1v) is 13.6. The Kier molecular flexibility index (Phi) is 4.36. The molecule has 2 nitrogen and oxygen atoms in total. The molecule has 0 bridgehead atoms. The molecule has 9 rings (SSSR count). The van der Waals surface area contributed by atoms with Crippen LogP contribution < -0.4 is 0 Å². The van der Waals surface area contributed by atoms with Crippen LogP contribution in [0.15, 0.2) is 142 Å². The molecule has 2 aromatic heterocycles. The van der Waals surface area contributed by atoms with Gasteiger partial charge in [-0.15, -0.1) is 0 Å². The van der Waals surface area contributed by atoms with Gasteiger partial charge in [0.2, 0.25) is 0 Å². The van der Waals surface area contributed by atoms with Crippen molar-refractivity contribution < 1.29 is 8.83 Å². The maximum absolute atomic E-state index is 6.56. The first-order valence-electron chi connectivity index (χ1n) is 13.6. The zero-order valence-electron chi connectivity index (χ0n) is 21.5. The Morgan fingerprint density at radius 2 is 1.10 bits per heavy atom. The van der Waals surface area contributed by atoms with E-state index >= 15 is 0 Å². The molecule has 0 aliphatic heterocycles. The lowest BCUT2D eigenvalue weighted by Gasteiger charge is -2.14. The van der Waals surface area contributed by atoms with E-state index in [0.717, 1.165) is 55.7 Å². The Balaban J connectivity index is 1.31. The number of para-hydroxylation sites is 2. The van der Waals surface area contributed by atoms with Gasteiger partial charge < -0.3 is 8.83 Å². The van der Waals surface area contributed by atoms with Crippen molar-refractivity contribution in [2.24, 2.45) is 0 Å². The van der Waals surface area contributed by atoms with Gasteiger partial charge in [0.15, 0.2) is 0 Å². The topological polar surface area (TPSA) is 26.3 Å². The molecule has 186 valence electrons. The summed E-state index contributed by atoms with van der Waals surface area (Å²) < 4.78 is 12.9. The van der Waals surface area contributed by atoms with Crippen molar-refractivity contribution in [3.8, 4) is 33.8 Å². The van der Waals surface area contributed by atoms with Crippen LogP contribution in [0.25, 0.3) is 88.0 Å². The van der Waals surface area contributed by atoms with E-state index < -0.39 is 0 Å². The van der Waals surface area contributed by atoms with Gasteiger partial charge in [0.25, 0.3) is 0 Å². The summed E-state index contributed by atoms with van der Waals surface area (Å²) in [5, 5.41) is 9.63. The molecule has 0 aliphatic rings. The highest BCUT2D eigenvalue weighted by Gasteiger charge is 2.20. The van der Waals surface area contributed by atoms with Crippen molar-refractivity contribution in [1.82, 2.24) is 0 Å². The summed E-state index contributed by atoms with van der Waals surface area (Å²) in [6, 6.07) is 47.1. The van der Waals surface area contributed by atoms with E-state index in [4.69, 9.17) is 8.83 Å². The molecule has 0 saturated heterocycles. The molecular formula is C38H22O2. The molecule has 0 amide bonds. The first-order chi connectivity index (χ1) is 19.8. The average molecular weight is 511 g/mol. The van der Waals surface area contributed by atoms with E-state index in [9.17, 15) is 0 Å². The lowest BCUT2D eigenvalue weighted by molar-refractivity contribution is 0.632. The quantitative estimate of drug-likeness (QED) is 0.221. The maximum atomic E-state index is 6.56. The van der Waals surface area contributed by atoms with E-state index in [1.165, 1.54) is 32.3 Å². The summed E-state index contributed by atoms with van der Waals surface area (Å²) in [5.74, 6) is 1.80. The molecular weight excluding hydrogens is 488 g/mol. The van der Waals surface area contributed by atoms with Crippen molar-refractivity contribution >= 4 is 54.3 Å². The van der Waals surface area contributed by atoms with Gasteiger partial charge >= 0.3 is 0 Å². The molecule has 0 saturated carbocycles. The summed E-state index contributed by atoms with van der Waals surface area (Å²) in [7, 11) is 0. The molecule has 0 atom stereocenters. The van der Waals surface area contributed by atoms with Crippen LogP contribution in [-0.4, -0.2) is 0 Å². The fourth-order valence-corrected chi connectivity index (χ4v) is 6.42. The SMILES string of the molecule is c1ccc(-c2c(-c3cc4ccc5ccc(-c6cc7ccccc7o6)c6ccc(c3)c4c56)oc3ccccc23)cc1. The zero-order chi connectivity index (χ0) is 26.2. The third-order valence-corrected chi connectivity index (χ3v) is 8.21. The lowest BCUT2D eigenvalue weighted by atomic mass is 9.89. The van der Waals surface area contributed by atoms with Gasteiger partial charge in [-0.05, 0) is 74.3 Å². The van der Waals surface area contributed by atoms with E-state index in [1.807, 2.05) is 18.2 Å². The second kappa shape index (κ2) is 8.08. The second-order valence-corrected chi connectivity index (χ2v) is 10.5. The molecule has 0 N–H and O–H groups in total. The Bertz CT molecular complexity index is 2320. The minimum absolute atomic E-state index is 0.898. The van der Waals surface area contributed by atoms with Gasteiger partial charge in [0.1, 0.15) is 22.7 Å². The molecule has 0 spiro atoms. The average Bonchev–Trinajstić information content (AvgIpc) is 3.62. The molecule has 2 heteroatoms. The second-order valence-electron chi connectivity index (χ2n) is 10.5. The number of benzene rings is 7. The van der Waals surface area contributed by atoms with Crippen molar-refractivity contribution in [3.05, 3.63) is 133 Å². The summed E-state index contributed by atoms with van der Waals surface area (Å²) in [6.07, 6.45) is 0. The maximum Gasteiger partial charge on any atom is 0.143 e. The molecule has 9 aromatic rings. The highest BCUT2D eigenvalue weighted by atomic mass is 16.3. The molecule has 0 fully saturated rings. The van der Waals surface area contributed by atoms with Crippen molar-refractivity contribution in [1.29, 1.82) is 0 Å². The van der Waals surface area contributed by atoms with Crippen LogP contribution >= 0.6 is 0 Å². The number of furan rings is 2. The summed E-state index contributed by atoms with van der Waals surface area (Å²) in [6.45, 7) is 0. The Hall–Kier alpha value is -5.34. The van der Waals surface area contributed by atoms with Gasteiger partial charge in [0, 0.05) is 27.5 Å². The van der Waals surface area contributed by atoms with Crippen LogP contribution in [0.2, 0.25) is 0 Å². The fraction of sp³-hybridized carbons (Fsp3) is 0. The third-order valence-electron chi connectivity index (χ3n) is 8.21. The Labute approximate surface area is 230 Å². The molecule has 2 heterocycles. The predicted molar refractivity (Wildman–Crippen MR) is 166 cm³/mol. The zero-order valence-corrected chi connectivity index (χ0v) is 21.5. The third kappa shape index (κ3) is 3.05. The largest absolute Gasteiger partial charge is 0.456 e. The van der Waals surface area contributed by atoms with Crippen LogP contribution in [0.4, 0.5) is 0 Å². The van der Waals surface area contributed by atoms with Crippen LogP contribution in [-0.2, 0) is 0 Å². The van der Waals surface area contributed by atoms with E-state index in [1.54, 1.807) is 0 Å². The van der Waals surface area contributed by atoms with E-state index in [0.29, 0.717) is 0 Å². The minimum Gasteiger partial charge on any atom is -0.456 e. The predicted octanol–water partition coefficient (Wildman–Crippen LogP) is 11.1. The van der Waals surface area contributed by atoms with Gasteiger partial charge in [-0.2, -0.15) is 0 Å². The number of rotatable bonds is 3. The number of hydrogen-bond acceptors (Lipinski definition) is 2. The monoisotopic (exact) mass is 510 g/mol.